The second-order valence-corrected chi connectivity index (χ2v) is 12.0. The summed E-state index contributed by atoms with van der Waals surface area (Å²) in [6.45, 7) is 5.15. The molecule has 1 aromatic heterocycles. The number of piperidine rings is 1. The molecule has 0 aromatic carbocycles. The molecule has 0 radical (unpaired) electrons. The van der Waals surface area contributed by atoms with Gasteiger partial charge in [-0.05, 0) is 51.6 Å². The number of anilines is 1. The minimum atomic E-state index is -0.842. The van der Waals surface area contributed by atoms with Gasteiger partial charge in [-0.1, -0.05) is 32.3 Å². The van der Waals surface area contributed by atoms with Crippen molar-refractivity contribution in [3.8, 4) is 0 Å². The third-order valence-electron chi connectivity index (χ3n) is 6.48. The van der Waals surface area contributed by atoms with Crippen LogP contribution in [0.2, 0.25) is 5.02 Å². The molecule has 4 rings (SSSR count). The number of aliphatic imine (C=N–C) groups is 1. The molecule has 0 spiro atoms. The summed E-state index contributed by atoms with van der Waals surface area (Å²) in [5.41, 5.74) is 0.741. The SMILES string of the molecule is C[C@@H]1CC[C@@H](C(=O)Nc2cc(C3=CN=C(F)C(NCC4CCOCC4)=I3)c(Cl)cn2)CN1C. The van der Waals surface area contributed by atoms with Crippen molar-refractivity contribution in [3.63, 3.8) is 0 Å². The Bertz CT molecular complexity index is 980. The molecule has 3 aliphatic rings. The molecule has 4 heterocycles. The Morgan fingerprint density at radius 3 is 2.88 bits per heavy atom. The van der Waals surface area contributed by atoms with E-state index in [1.54, 1.807) is 12.3 Å². The van der Waals surface area contributed by atoms with Crippen molar-refractivity contribution in [1.29, 1.82) is 0 Å². The van der Waals surface area contributed by atoms with Crippen LogP contribution in [0.1, 0.15) is 38.2 Å². The van der Waals surface area contributed by atoms with Gasteiger partial charge in [-0.3, -0.25) is 10.1 Å². The first kappa shape index (κ1) is 24.8. The van der Waals surface area contributed by atoms with Crippen LogP contribution in [0.4, 0.5) is 10.2 Å². The number of nitrogens with one attached hydrogen (secondary N) is 2. The number of aromatic nitrogens is 1. The van der Waals surface area contributed by atoms with Crippen LogP contribution in [-0.2, 0) is 9.53 Å². The minimum Gasteiger partial charge on any atom is -0.381 e. The van der Waals surface area contributed by atoms with Crippen LogP contribution in [0.25, 0.3) is 3.58 Å². The van der Waals surface area contributed by atoms with Crippen molar-refractivity contribution in [2.75, 3.05) is 38.7 Å². The van der Waals surface area contributed by atoms with E-state index in [2.05, 4.69) is 32.4 Å². The summed E-state index contributed by atoms with van der Waals surface area (Å²) in [5, 5.41) is 6.70. The second kappa shape index (κ2) is 11.4. The molecule has 0 unspecified atom stereocenters. The summed E-state index contributed by atoms with van der Waals surface area (Å²) in [4.78, 5) is 23.3. The highest BCUT2D eigenvalue weighted by atomic mass is 127. The van der Waals surface area contributed by atoms with E-state index >= 15 is 0 Å². The number of likely N-dealkylation sites (tertiary alicyclic amines) is 1. The molecular weight excluding hydrogens is 560 g/mol. The predicted molar refractivity (Wildman–Crippen MR) is 140 cm³/mol. The molecule has 0 bridgehead atoms. The Kier molecular flexibility index (Phi) is 8.61. The zero-order chi connectivity index (χ0) is 23.4. The number of carbonyl (C=O) groups excluding carboxylic acids is 1. The number of ether oxygens (including phenoxy) is 1. The van der Waals surface area contributed by atoms with Crippen LogP contribution < -0.4 is 10.6 Å². The first-order chi connectivity index (χ1) is 15.9. The van der Waals surface area contributed by atoms with E-state index in [1.807, 2.05) is 7.05 Å². The maximum absolute atomic E-state index is 14.4. The van der Waals surface area contributed by atoms with Crippen LogP contribution >= 0.6 is 32.3 Å². The van der Waals surface area contributed by atoms with E-state index in [1.165, 1.54) is 6.20 Å². The summed E-state index contributed by atoms with van der Waals surface area (Å²) in [7, 11) is 2.05. The highest BCUT2D eigenvalue weighted by molar-refractivity contribution is 14.2. The normalized spacial score (nSPS) is 24.9. The monoisotopic (exact) mass is 589 g/mol. The van der Waals surface area contributed by atoms with Gasteiger partial charge in [0, 0.05) is 53.9 Å². The number of hydrogen-bond acceptors (Lipinski definition) is 6. The van der Waals surface area contributed by atoms with Crippen molar-refractivity contribution in [2.45, 2.75) is 38.6 Å². The van der Waals surface area contributed by atoms with Gasteiger partial charge < -0.3 is 15.0 Å². The van der Waals surface area contributed by atoms with Crippen molar-refractivity contribution in [3.05, 3.63) is 29.0 Å². The standard InChI is InChI=1S/C23H30ClFIN5O2/c1-14-3-4-16(13-31(14)2)23(32)30-20-9-17(18(24)11-27-20)19-12-28-21(25)22(26-19)29-10-15-5-7-33-8-6-15/h9,11-12,14-16,29H,3-8,10,13H2,1-2H3,(H,27,30,32)/t14-,16-/m1/s1. The molecule has 2 atom stereocenters. The topological polar surface area (TPSA) is 78.8 Å². The first-order valence-electron chi connectivity index (χ1n) is 11.3. The average Bonchev–Trinajstić information content (AvgIpc) is 2.82. The molecule has 1 amide bonds. The molecule has 3 aliphatic heterocycles. The van der Waals surface area contributed by atoms with Crippen molar-refractivity contribution in [1.82, 2.24) is 15.2 Å². The molecule has 2 N–H and O–H groups in total. The molecule has 0 saturated carbocycles. The Hall–Kier alpha value is -1.27. The minimum absolute atomic E-state index is 0.0312. The van der Waals surface area contributed by atoms with Gasteiger partial charge >= 0.3 is 0 Å². The summed E-state index contributed by atoms with van der Waals surface area (Å²) < 4.78 is 21.3. The largest absolute Gasteiger partial charge is 0.381 e. The van der Waals surface area contributed by atoms with Gasteiger partial charge in [-0.2, -0.15) is 4.39 Å². The van der Waals surface area contributed by atoms with Crippen LogP contribution in [0, 0.1) is 11.8 Å². The zero-order valence-electron chi connectivity index (χ0n) is 18.9. The van der Waals surface area contributed by atoms with Gasteiger partial charge in [0.25, 0.3) is 0 Å². The molecular formula is C23H30ClFIN5O2. The molecule has 2 saturated heterocycles. The molecule has 2 fully saturated rings. The maximum atomic E-state index is 14.4. The van der Waals surface area contributed by atoms with Crippen molar-refractivity contribution in [2.24, 2.45) is 16.8 Å². The number of halogens is 3. The number of rotatable bonds is 6. The first-order valence-corrected chi connectivity index (χ1v) is 13.9. The molecule has 180 valence electrons. The Morgan fingerprint density at radius 1 is 1.33 bits per heavy atom. The smallest absolute Gasteiger partial charge is 0.236 e. The van der Waals surface area contributed by atoms with Crippen LogP contribution in [0.5, 0.6) is 0 Å². The van der Waals surface area contributed by atoms with Gasteiger partial charge in [-0.25, -0.2) is 9.98 Å². The third-order valence-corrected chi connectivity index (χ3v) is 9.59. The third kappa shape index (κ3) is 6.45. The molecule has 10 heteroatoms. The van der Waals surface area contributed by atoms with E-state index in [4.69, 9.17) is 16.3 Å². The van der Waals surface area contributed by atoms with Crippen LogP contribution in [-0.4, -0.2) is 64.8 Å². The Labute approximate surface area is 209 Å². The second-order valence-electron chi connectivity index (χ2n) is 8.84. The van der Waals surface area contributed by atoms with Crippen molar-refractivity contribution < 1.29 is 13.9 Å². The van der Waals surface area contributed by atoms with Gasteiger partial charge in [0.1, 0.15) is 9.45 Å². The summed E-state index contributed by atoms with van der Waals surface area (Å²) in [6, 6.07) is 2.26. The van der Waals surface area contributed by atoms with E-state index in [0.717, 1.165) is 54.6 Å². The lowest BCUT2D eigenvalue weighted by atomic mass is 9.93. The van der Waals surface area contributed by atoms with Gasteiger partial charge in [0.2, 0.25) is 11.9 Å². The predicted octanol–water partition coefficient (Wildman–Crippen LogP) is 4.20. The van der Waals surface area contributed by atoms with E-state index < -0.39 is 26.7 Å². The van der Waals surface area contributed by atoms with Crippen LogP contribution in [0.3, 0.4) is 0 Å². The van der Waals surface area contributed by atoms with Gasteiger partial charge in [0.15, 0.2) is 0 Å². The fourth-order valence-electron chi connectivity index (χ4n) is 4.16. The summed E-state index contributed by atoms with van der Waals surface area (Å²) >= 11 is 5.60. The maximum Gasteiger partial charge on any atom is 0.236 e. The fourth-order valence-corrected chi connectivity index (χ4v) is 6.89. The number of nitrogens with zero attached hydrogens (tertiary/aromatic N) is 3. The quantitative estimate of drug-likeness (QED) is 0.487. The highest BCUT2D eigenvalue weighted by Crippen LogP contribution is 2.36. The number of carbonyl (C=O) groups is 1. The highest BCUT2D eigenvalue weighted by Gasteiger charge is 2.28. The average molecular weight is 590 g/mol. The summed E-state index contributed by atoms with van der Waals surface area (Å²) in [6.07, 6.45) is 6.90. The van der Waals surface area contributed by atoms with Gasteiger partial charge in [-0.15, -0.1) is 0 Å². The van der Waals surface area contributed by atoms with Crippen LogP contribution in [0.15, 0.2) is 23.5 Å². The lowest BCUT2D eigenvalue weighted by molar-refractivity contribution is -0.121. The molecule has 1 aromatic rings. The Morgan fingerprint density at radius 2 is 2.12 bits per heavy atom. The fraction of sp³-hybridized carbons (Fsp3) is 0.565. The number of hydrogen-bond donors (Lipinski definition) is 2. The van der Waals surface area contributed by atoms with E-state index in [9.17, 15) is 9.18 Å². The Balaban J connectivity index is 1.45. The van der Waals surface area contributed by atoms with Crippen molar-refractivity contribution >= 4 is 57.2 Å². The molecule has 7 nitrogen and oxygen atoms in total. The van der Waals surface area contributed by atoms with Gasteiger partial charge in [0.05, 0.1) is 10.9 Å². The molecule has 0 aliphatic carbocycles. The summed E-state index contributed by atoms with van der Waals surface area (Å²) in [5.74, 6) is 0.383. The van der Waals surface area contributed by atoms with E-state index in [-0.39, 0.29) is 11.8 Å². The number of pyridine rings is 1. The van der Waals surface area contributed by atoms with E-state index in [0.29, 0.717) is 33.0 Å². The zero-order valence-corrected chi connectivity index (χ0v) is 21.8. The lowest BCUT2D eigenvalue weighted by Crippen LogP contribution is -2.43. The molecule has 33 heavy (non-hydrogen) atoms. The lowest BCUT2D eigenvalue weighted by Gasteiger charge is -2.34. The number of amides is 1.